The van der Waals surface area contributed by atoms with Crippen molar-refractivity contribution in [2.45, 2.75) is 85.8 Å². The number of aliphatic hydroxyl groups is 12. The third-order valence-electron chi connectivity index (χ3n) is 5.74. The molecule has 16 heteroatoms. The Morgan fingerprint density at radius 2 is 1.15 bits per heavy atom. The summed E-state index contributed by atoms with van der Waals surface area (Å²) in [6, 6.07) is 0. The molecule has 2 fully saturated rings. The van der Waals surface area contributed by atoms with Gasteiger partial charge in [-0.1, -0.05) is 0 Å². The van der Waals surface area contributed by atoms with Crippen LogP contribution in [0, 0.1) is 0 Å². The van der Waals surface area contributed by atoms with Crippen LogP contribution in [0.2, 0.25) is 0 Å². The van der Waals surface area contributed by atoms with Crippen LogP contribution < -0.4 is 0 Å². The maximum atomic E-state index is 10.6. The van der Waals surface area contributed by atoms with Crippen molar-refractivity contribution in [1.82, 2.24) is 0 Å². The zero-order valence-electron chi connectivity index (χ0n) is 17.9. The predicted octanol–water partition coefficient (Wildman–Crippen LogP) is -7.94. The van der Waals surface area contributed by atoms with Gasteiger partial charge in [0.2, 0.25) is 0 Å². The van der Waals surface area contributed by atoms with Gasteiger partial charge >= 0.3 is 0 Å². The van der Waals surface area contributed by atoms with Crippen LogP contribution in [0.25, 0.3) is 0 Å². The summed E-state index contributed by atoms with van der Waals surface area (Å²) in [6.45, 7) is -3.52. The Kier molecular flexibility index (Phi) is 11.4. The summed E-state index contributed by atoms with van der Waals surface area (Å²) in [5.74, 6) is 0. The van der Waals surface area contributed by atoms with E-state index < -0.39 is 112 Å². The van der Waals surface area contributed by atoms with Crippen molar-refractivity contribution < 1.29 is 80.2 Å². The number of rotatable bonds is 11. The summed E-state index contributed by atoms with van der Waals surface area (Å²) in [7, 11) is 0. The zero-order chi connectivity index (χ0) is 25.7. The fourth-order valence-corrected chi connectivity index (χ4v) is 3.65. The monoisotopic (exact) mass is 506 g/mol. The Hall–Kier alpha value is -0.640. The Morgan fingerprint density at radius 1 is 0.618 bits per heavy atom. The van der Waals surface area contributed by atoms with Crippen LogP contribution in [-0.4, -0.2) is 174 Å². The first-order valence-corrected chi connectivity index (χ1v) is 10.5. The minimum absolute atomic E-state index is 0.757. The van der Waals surface area contributed by atoms with Crippen molar-refractivity contribution in [3.8, 4) is 0 Å². The van der Waals surface area contributed by atoms with Crippen LogP contribution in [0.5, 0.6) is 0 Å². The largest absolute Gasteiger partial charge is 0.394 e. The maximum absolute atomic E-state index is 10.6. The first-order chi connectivity index (χ1) is 16.0. The van der Waals surface area contributed by atoms with Crippen molar-refractivity contribution in [2.75, 3.05) is 26.4 Å². The molecule has 2 aliphatic rings. The van der Waals surface area contributed by atoms with Gasteiger partial charge in [0.25, 0.3) is 0 Å². The molecule has 2 aliphatic heterocycles. The van der Waals surface area contributed by atoms with Gasteiger partial charge in [-0.05, 0) is 0 Å². The van der Waals surface area contributed by atoms with Crippen LogP contribution in [0.4, 0.5) is 0 Å². The van der Waals surface area contributed by atoms with Gasteiger partial charge in [0, 0.05) is 0 Å². The average Bonchev–Trinajstić information content (AvgIpc) is 2.84. The minimum atomic E-state index is -1.98. The molecule has 0 saturated carbocycles. The fraction of sp³-hybridized carbons (Fsp3) is 1.00. The summed E-state index contributed by atoms with van der Waals surface area (Å²) in [5.41, 5.74) is 0. The van der Waals surface area contributed by atoms with Crippen molar-refractivity contribution in [3.05, 3.63) is 0 Å². The zero-order valence-corrected chi connectivity index (χ0v) is 17.9. The molecule has 0 unspecified atom stereocenters. The molecule has 34 heavy (non-hydrogen) atoms. The van der Waals surface area contributed by atoms with E-state index in [0.29, 0.717) is 0 Å². The summed E-state index contributed by atoms with van der Waals surface area (Å²) in [6.07, 6.45) is -24.7. The molecular formula is C18H34O16. The molecule has 0 radical (unpaired) electrons. The Labute approximate surface area is 193 Å². The molecule has 202 valence electrons. The standard InChI is InChI=1S/C18H34O16/c19-1-5(23)9(25)15(6(24)2-20)33-18-14(30)12(28)16(8(4-22)32-18)34-17-13(29)11(27)10(26)7(3-21)31-17/h5-30H,1-4H2/t5-,6+,7+,8+,9+,10+,11-,12+,13+,14+,15+,16+,17+,18-/m0/s1. The smallest absolute Gasteiger partial charge is 0.187 e. The second-order valence-electron chi connectivity index (χ2n) is 8.10. The normalized spacial score (nSPS) is 42.7. The van der Waals surface area contributed by atoms with E-state index >= 15 is 0 Å². The van der Waals surface area contributed by atoms with Gasteiger partial charge in [-0.2, -0.15) is 0 Å². The van der Waals surface area contributed by atoms with Gasteiger partial charge in [0.05, 0.1) is 26.4 Å². The van der Waals surface area contributed by atoms with E-state index in [1.54, 1.807) is 0 Å². The number of aliphatic hydroxyl groups excluding tert-OH is 12. The fourth-order valence-electron chi connectivity index (χ4n) is 3.65. The predicted molar refractivity (Wildman–Crippen MR) is 103 cm³/mol. The summed E-state index contributed by atoms with van der Waals surface area (Å²) < 4.78 is 21.2. The molecule has 0 bridgehead atoms. The Bertz CT molecular complexity index is 594. The highest BCUT2D eigenvalue weighted by atomic mass is 16.7. The highest BCUT2D eigenvalue weighted by molar-refractivity contribution is 4.95. The van der Waals surface area contributed by atoms with Gasteiger partial charge in [-0.3, -0.25) is 0 Å². The molecular weight excluding hydrogens is 472 g/mol. The second kappa shape index (κ2) is 13.1. The van der Waals surface area contributed by atoms with Crippen molar-refractivity contribution >= 4 is 0 Å². The molecule has 2 saturated heterocycles. The Balaban J connectivity index is 2.17. The lowest BCUT2D eigenvalue weighted by molar-refractivity contribution is -0.367. The van der Waals surface area contributed by atoms with Crippen LogP contribution in [0.3, 0.4) is 0 Å². The molecule has 2 rings (SSSR count). The third-order valence-corrected chi connectivity index (χ3v) is 5.74. The molecule has 0 aromatic heterocycles. The van der Waals surface area contributed by atoms with E-state index in [9.17, 15) is 56.2 Å². The lowest BCUT2D eigenvalue weighted by Crippen LogP contribution is -2.65. The molecule has 12 N–H and O–H groups in total. The van der Waals surface area contributed by atoms with Gasteiger partial charge in [-0.15, -0.1) is 0 Å². The minimum Gasteiger partial charge on any atom is -0.394 e. The molecule has 0 aromatic rings. The lowest BCUT2D eigenvalue weighted by atomic mass is 9.96. The highest BCUT2D eigenvalue weighted by Gasteiger charge is 2.51. The molecule has 0 aliphatic carbocycles. The van der Waals surface area contributed by atoms with E-state index in [-0.39, 0.29) is 0 Å². The maximum Gasteiger partial charge on any atom is 0.187 e. The van der Waals surface area contributed by atoms with E-state index in [0.717, 1.165) is 0 Å². The van der Waals surface area contributed by atoms with Crippen molar-refractivity contribution in [3.63, 3.8) is 0 Å². The first-order valence-electron chi connectivity index (χ1n) is 10.5. The quantitative estimate of drug-likeness (QED) is 0.124. The lowest BCUT2D eigenvalue weighted by Gasteiger charge is -2.46. The van der Waals surface area contributed by atoms with Gasteiger partial charge in [-0.25, -0.2) is 0 Å². The van der Waals surface area contributed by atoms with Crippen LogP contribution in [0.1, 0.15) is 0 Å². The molecule has 0 amide bonds. The van der Waals surface area contributed by atoms with Crippen LogP contribution >= 0.6 is 0 Å². The van der Waals surface area contributed by atoms with Gasteiger partial charge in [0.15, 0.2) is 12.6 Å². The summed E-state index contributed by atoms with van der Waals surface area (Å²) in [4.78, 5) is 0. The number of hydrogen-bond acceptors (Lipinski definition) is 16. The van der Waals surface area contributed by atoms with Gasteiger partial charge < -0.3 is 80.2 Å². The van der Waals surface area contributed by atoms with Crippen molar-refractivity contribution in [2.24, 2.45) is 0 Å². The van der Waals surface area contributed by atoms with E-state index in [4.69, 9.17) is 24.1 Å². The Morgan fingerprint density at radius 3 is 1.68 bits per heavy atom. The third kappa shape index (κ3) is 6.37. The SMILES string of the molecule is OC[C@@H](O)[C@@H](O[C@@H]1O[C@H](CO)[C@@H](O[C@H]2O[C@H](CO)[C@@H](O)[C@H](O)[C@H]2O)[C@H](O)[C@H]1O)[C@H](O)[C@@H](O)CO. The van der Waals surface area contributed by atoms with Crippen molar-refractivity contribution in [1.29, 1.82) is 0 Å². The first kappa shape index (κ1) is 29.6. The van der Waals surface area contributed by atoms with E-state index in [2.05, 4.69) is 0 Å². The summed E-state index contributed by atoms with van der Waals surface area (Å²) in [5, 5.41) is 118. The molecule has 14 atom stereocenters. The van der Waals surface area contributed by atoms with Crippen LogP contribution in [0.15, 0.2) is 0 Å². The molecule has 0 spiro atoms. The topological polar surface area (TPSA) is 280 Å². The number of hydrogen-bond donors (Lipinski definition) is 12. The van der Waals surface area contributed by atoms with Crippen LogP contribution in [-0.2, 0) is 18.9 Å². The van der Waals surface area contributed by atoms with E-state index in [1.807, 2.05) is 0 Å². The molecule has 16 nitrogen and oxygen atoms in total. The number of ether oxygens (including phenoxy) is 4. The van der Waals surface area contributed by atoms with Gasteiger partial charge in [0.1, 0.15) is 73.2 Å². The average molecular weight is 506 g/mol. The van der Waals surface area contributed by atoms with E-state index in [1.165, 1.54) is 0 Å². The highest BCUT2D eigenvalue weighted by Crippen LogP contribution is 2.30. The molecule has 2 heterocycles. The summed E-state index contributed by atoms with van der Waals surface area (Å²) >= 11 is 0. The molecule has 0 aromatic carbocycles. The second-order valence-corrected chi connectivity index (χ2v) is 8.10.